The average molecular weight is 546 g/mol. The van der Waals surface area contributed by atoms with Gasteiger partial charge in [-0.3, -0.25) is 24.5 Å². The SMILES string of the molecule is CC[C@H]1O[C@@H](n2cnc3c(=O)[nH]c(NC(=O)C(C)C)nc32)[C@H](NC(=O)OCc2ccccc2)[C@@H]1O[P+](=O)[O-]. The molecule has 2 aromatic heterocycles. The predicted octanol–water partition coefficient (Wildman–Crippen LogP) is 1.72. The summed E-state index contributed by atoms with van der Waals surface area (Å²) in [5.41, 5.74) is 0.141. The minimum atomic E-state index is -3.29. The average Bonchev–Trinajstić information content (AvgIpc) is 3.44. The Morgan fingerprint density at radius 1 is 1.29 bits per heavy atom. The summed E-state index contributed by atoms with van der Waals surface area (Å²) in [6.07, 6.45) is -2.13. The molecule has 1 aliphatic heterocycles. The summed E-state index contributed by atoms with van der Waals surface area (Å²) in [6.45, 7) is 5.11. The summed E-state index contributed by atoms with van der Waals surface area (Å²) in [5, 5.41) is 5.17. The maximum absolute atomic E-state index is 12.7. The molecule has 0 aliphatic carbocycles. The van der Waals surface area contributed by atoms with E-state index in [-0.39, 0.29) is 35.5 Å². The zero-order valence-corrected chi connectivity index (χ0v) is 21.7. The van der Waals surface area contributed by atoms with Gasteiger partial charge in [-0.2, -0.15) is 4.98 Å². The molecule has 0 bridgehead atoms. The fraction of sp³-hybridized carbons (Fsp3) is 0.435. The summed E-state index contributed by atoms with van der Waals surface area (Å²) in [6, 6.07) is 7.93. The van der Waals surface area contributed by atoms with Crippen molar-refractivity contribution in [2.75, 3.05) is 5.32 Å². The molecular weight excluding hydrogens is 519 g/mol. The van der Waals surface area contributed by atoms with E-state index in [1.54, 1.807) is 45.0 Å². The first-order valence-electron chi connectivity index (χ1n) is 11.9. The number of H-pyrrole nitrogens is 1. The summed E-state index contributed by atoms with van der Waals surface area (Å²) < 4.78 is 29.4. The molecule has 15 heteroatoms. The Hall–Kier alpha value is -3.71. The van der Waals surface area contributed by atoms with Gasteiger partial charge in [-0.15, -0.1) is 4.52 Å². The lowest BCUT2D eigenvalue weighted by Crippen LogP contribution is -2.47. The van der Waals surface area contributed by atoms with Crippen molar-refractivity contribution in [2.45, 2.75) is 58.3 Å². The van der Waals surface area contributed by atoms with Gasteiger partial charge in [0.15, 0.2) is 23.5 Å². The van der Waals surface area contributed by atoms with Crippen molar-refractivity contribution in [1.29, 1.82) is 0 Å². The molecule has 0 radical (unpaired) electrons. The molecule has 1 saturated heterocycles. The maximum Gasteiger partial charge on any atom is 0.488 e. The minimum absolute atomic E-state index is 0.0205. The third-order valence-corrected chi connectivity index (χ3v) is 6.34. The molecule has 1 fully saturated rings. The molecule has 3 heterocycles. The van der Waals surface area contributed by atoms with E-state index in [4.69, 9.17) is 14.0 Å². The van der Waals surface area contributed by atoms with Crippen molar-refractivity contribution in [1.82, 2.24) is 24.8 Å². The van der Waals surface area contributed by atoms with Gasteiger partial charge in [-0.25, -0.2) is 9.78 Å². The van der Waals surface area contributed by atoms with Crippen LogP contribution in [0.3, 0.4) is 0 Å². The van der Waals surface area contributed by atoms with E-state index in [1.165, 1.54) is 10.9 Å². The molecular formula is C23H27N6O8P. The number of benzene rings is 1. The Balaban J connectivity index is 1.66. The van der Waals surface area contributed by atoms with Crippen LogP contribution in [0, 0.1) is 5.92 Å². The van der Waals surface area contributed by atoms with Crippen molar-refractivity contribution in [3.8, 4) is 0 Å². The number of hydrogen-bond acceptors (Lipinski definition) is 10. The zero-order chi connectivity index (χ0) is 27.4. The van der Waals surface area contributed by atoms with E-state index in [9.17, 15) is 23.8 Å². The lowest BCUT2D eigenvalue weighted by molar-refractivity contribution is -0.191. The largest absolute Gasteiger partial charge is 0.566 e. The molecule has 202 valence electrons. The number of carbonyl (C=O) groups excluding carboxylic acids is 2. The number of aromatic amines is 1. The van der Waals surface area contributed by atoms with Gasteiger partial charge in [0.1, 0.15) is 12.6 Å². The van der Waals surface area contributed by atoms with Crippen molar-refractivity contribution in [2.24, 2.45) is 5.92 Å². The van der Waals surface area contributed by atoms with Crippen LogP contribution >= 0.6 is 8.25 Å². The first-order chi connectivity index (χ1) is 18.2. The lowest BCUT2D eigenvalue weighted by Gasteiger charge is -2.23. The van der Waals surface area contributed by atoms with Crippen molar-refractivity contribution < 1.29 is 33.0 Å². The van der Waals surface area contributed by atoms with Crippen LogP contribution in [0.15, 0.2) is 41.5 Å². The second-order valence-corrected chi connectivity index (χ2v) is 9.54. The quantitative estimate of drug-likeness (QED) is 0.333. The summed E-state index contributed by atoms with van der Waals surface area (Å²) in [7, 11) is -3.29. The van der Waals surface area contributed by atoms with E-state index in [0.717, 1.165) is 5.56 Å². The Kier molecular flexibility index (Phi) is 8.47. The van der Waals surface area contributed by atoms with Crippen LogP contribution in [-0.4, -0.2) is 49.8 Å². The Labute approximate surface area is 217 Å². The Morgan fingerprint density at radius 3 is 2.68 bits per heavy atom. The standard InChI is InChI=1S/C23H27N6O8P/c1-4-14-17(37-38(33)34)15(25-23(32)35-10-13-8-6-5-7-9-13)21(36-14)29-11-24-16-18(29)26-22(28-20(16)31)27-19(30)12(2)3/h5-9,11-12,14-15,17,21H,4,10H2,1-3H3,(H,25,32)(H2,26,27,28,30,31)/t14-,15-,17-,21-/m1/s1. The second-order valence-electron chi connectivity index (χ2n) is 8.88. The molecule has 38 heavy (non-hydrogen) atoms. The third-order valence-electron chi connectivity index (χ3n) is 5.92. The predicted molar refractivity (Wildman–Crippen MR) is 132 cm³/mol. The van der Waals surface area contributed by atoms with Crippen LogP contribution in [-0.2, 0) is 30.0 Å². The summed E-state index contributed by atoms with van der Waals surface area (Å²) >= 11 is 0. The molecule has 14 nitrogen and oxygen atoms in total. The smallest absolute Gasteiger partial charge is 0.488 e. The van der Waals surface area contributed by atoms with E-state index >= 15 is 0 Å². The molecule has 3 aromatic rings. The number of amides is 2. The highest BCUT2D eigenvalue weighted by Gasteiger charge is 2.50. The van der Waals surface area contributed by atoms with Gasteiger partial charge in [0, 0.05) is 5.92 Å². The number of alkyl carbamates (subject to hydrolysis) is 1. The number of rotatable bonds is 9. The van der Waals surface area contributed by atoms with Crippen LogP contribution < -0.4 is 21.1 Å². The lowest BCUT2D eigenvalue weighted by atomic mass is 10.1. The molecule has 3 N–H and O–H groups in total. The van der Waals surface area contributed by atoms with E-state index < -0.39 is 44.4 Å². The number of carbonyl (C=O) groups is 2. The van der Waals surface area contributed by atoms with Crippen molar-refractivity contribution >= 4 is 37.4 Å². The number of nitrogens with zero attached hydrogens (tertiary/aromatic N) is 3. The van der Waals surface area contributed by atoms with Gasteiger partial charge in [0.2, 0.25) is 11.9 Å². The highest BCUT2D eigenvalue weighted by molar-refractivity contribution is 7.30. The molecule has 0 spiro atoms. The fourth-order valence-electron chi connectivity index (χ4n) is 4.02. The van der Waals surface area contributed by atoms with Gasteiger partial charge < -0.3 is 19.7 Å². The Bertz CT molecular complexity index is 1380. The number of hydrogen-bond donors (Lipinski definition) is 3. The second kappa shape index (κ2) is 11.8. The van der Waals surface area contributed by atoms with Gasteiger partial charge >= 0.3 is 14.3 Å². The van der Waals surface area contributed by atoms with Gasteiger partial charge in [0.05, 0.1) is 12.4 Å². The molecule has 5 atom stereocenters. The monoisotopic (exact) mass is 546 g/mol. The van der Waals surface area contributed by atoms with Crippen LogP contribution in [0.5, 0.6) is 0 Å². The maximum atomic E-state index is 12.7. The van der Waals surface area contributed by atoms with E-state index in [2.05, 4.69) is 25.6 Å². The molecule has 1 aliphatic rings. The van der Waals surface area contributed by atoms with Crippen molar-refractivity contribution in [3.05, 3.63) is 52.6 Å². The highest BCUT2D eigenvalue weighted by atomic mass is 31.1. The molecule has 2 amide bonds. The molecule has 1 unspecified atom stereocenters. The first kappa shape index (κ1) is 27.3. The number of imidazole rings is 1. The highest BCUT2D eigenvalue weighted by Crippen LogP contribution is 2.37. The summed E-state index contributed by atoms with van der Waals surface area (Å²) in [4.78, 5) is 59.9. The minimum Gasteiger partial charge on any atom is -0.566 e. The first-order valence-corrected chi connectivity index (χ1v) is 13.0. The van der Waals surface area contributed by atoms with Crippen LogP contribution in [0.1, 0.15) is 39.0 Å². The molecule has 1 aromatic carbocycles. The number of anilines is 1. The Morgan fingerprint density at radius 2 is 2.03 bits per heavy atom. The van der Waals surface area contributed by atoms with Gasteiger partial charge in [-0.1, -0.05) is 51.1 Å². The molecule has 4 rings (SSSR count). The van der Waals surface area contributed by atoms with E-state index in [1.807, 2.05) is 6.07 Å². The molecule has 0 saturated carbocycles. The topological polar surface area (TPSA) is 190 Å². The van der Waals surface area contributed by atoms with Crippen molar-refractivity contribution in [3.63, 3.8) is 0 Å². The summed E-state index contributed by atoms with van der Waals surface area (Å²) in [5.74, 6) is -0.836. The third kappa shape index (κ3) is 6.05. The fourth-order valence-corrected chi connectivity index (χ4v) is 4.49. The number of aromatic nitrogens is 4. The number of nitrogens with one attached hydrogen (secondary N) is 3. The van der Waals surface area contributed by atoms with Crippen LogP contribution in [0.25, 0.3) is 11.2 Å². The normalized spacial score (nSPS) is 21.4. The van der Waals surface area contributed by atoms with Gasteiger partial charge in [0.25, 0.3) is 5.56 Å². The van der Waals surface area contributed by atoms with Crippen LogP contribution in [0.2, 0.25) is 0 Å². The van der Waals surface area contributed by atoms with Gasteiger partial charge in [-0.05, 0) is 16.5 Å². The van der Waals surface area contributed by atoms with E-state index in [0.29, 0.717) is 6.42 Å². The van der Waals surface area contributed by atoms with Crippen LogP contribution in [0.4, 0.5) is 10.7 Å². The zero-order valence-electron chi connectivity index (χ0n) is 20.8. The number of fused-ring (bicyclic) bond motifs is 1. The number of ether oxygens (including phenoxy) is 2.